The highest BCUT2D eigenvalue weighted by Gasteiger charge is 2.33. The number of anilines is 2. The van der Waals surface area contributed by atoms with E-state index >= 15 is 0 Å². The maximum Gasteiger partial charge on any atom is 0.433 e. The Morgan fingerprint density at radius 1 is 1.10 bits per heavy atom. The van der Waals surface area contributed by atoms with Crippen molar-refractivity contribution in [3.63, 3.8) is 0 Å². The molecule has 2 nitrogen and oxygen atoms in total. The molecular formula is C16H15F3N2. The second-order valence-corrected chi connectivity index (χ2v) is 4.55. The van der Waals surface area contributed by atoms with Crippen LogP contribution in [0.5, 0.6) is 0 Å². The topological polar surface area (TPSA) is 24.9 Å². The van der Waals surface area contributed by atoms with Gasteiger partial charge in [0.25, 0.3) is 0 Å². The third-order valence-corrected chi connectivity index (χ3v) is 3.08. The van der Waals surface area contributed by atoms with Crippen molar-refractivity contribution in [2.75, 3.05) is 5.32 Å². The van der Waals surface area contributed by atoms with Crippen LogP contribution in [0.2, 0.25) is 0 Å². The molecule has 0 aliphatic rings. The van der Waals surface area contributed by atoms with Gasteiger partial charge in [0, 0.05) is 11.3 Å². The van der Waals surface area contributed by atoms with Crippen LogP contribution in [0.1, 0.15) is 25.1 Å². The van der Waals surface area contributed by atoms with Crippen LogP contribution < -0.4 is 5.32 Å². The van der Waals surface area contributed by atoms with E-state index in [1.165, 1.54) is 6.07 Å². The summed E-state index contributed by atoms with van der Waals surface area (Å²) in [6, 6.07) is 11.4. The average molecular weight is 292 g/mol. The third-order valence-electron chi connectivity index (χ3n) is 3.08. The van der Waals surface area contributed by atoms with Gasteiger partial charge in [-0.15, -0.1) is 0 Å². The summed E-state index contributed by atoms with van der Waals surface area (Å²) in [4.78, 5) is 3.73. The first-order valence-corrected chi connectivity index (χ1v) is 6.45. The monoisotopic (exact) mass is 292 g/mol. The van der Waals surface area contributed by atoms with Crippen molar-refractivity contribution < 1.29 is 13.2 Å². The van der Waals surface area contributed by atoms with Crippen molar-refractivity contribution >= 4 is 17.1 Å². The molecule has 0 unspecified atom stereocenters. The van der Waals surface area contributed by atoms with Crippen LogP contribution in [0, 0.1) is 0 Å². The molecule has 0 atom stereocenters. The lowest BCUT2D eigenvalue weighted by Gasteiger charge is -2.14. The Labute approximate surface area is 121 Å². The highest BCUT2D eigenvalue weighted by Crippen LogP contribution is 2.32. The quantitative estimate of drug-likeness (QED) is 0.833. The molecule has 2 aromatic rings. The van der Waals surface area contributed by atoms with Gasteiger partial charge in [-0.3, -0.25) is 0 Å². The van der Waals surface area contributed by atoms with E-state index in [1.54, 1.807) is 24.3 Å². The van der Waals surface area contributed by atoms with Crippen LogP contribution in [0.25, 0.3) is 5.57 Å². The molecule has 0 spiro atoms. The van der Waals surface area contributed by atoms with E-state index in [0.29, 0.717) is 11.3 Å². The zero-order valence-corrected chi connectivity index (χ0v) is 11.7. The molecule has 0 saturated carbocycles. The standard InChI is InChI=1S/C16H15F3N2/c1-3-11(2)13-9-10-14(16(17,18)19)21-15(13)20-12-7-5-4-6-8-12/h3-10H,1-2H3,(H,20,21). The fraction of sp³-hybridized carbons (Fsp3) is 0.188. The molecule has 0 amide bonds. The molecule has 110 valence electrons. The predicted octanol–water partition coefficient (Wildman–Crippen LogP) is 5.27. The third kappa shape index (κ3) is 3.62. The Bertz CT molecular complexity index is 646. The normalized spacial score (nSPS) is 12.3. The number of nitrogens with one attached hydrogen (secondary N) is 1. The number of alkyl halides is 3. The Morgan fingerprint density at radius 3 is 2.33 bits per heavy atom. The van der Waals surface area contributed by atoms with E-state index in [1.807, 2.05) is 26.0 Å². The summed E-state index contributed by atoms with van der Waals surface area (Å²) in [6.45, 7) is 3.67. The highest BCUT2D eigenvalue weighted by atomic mass is 19.4. The second kappa shape index (κ2) is 5.99. The van der Waals surface area contributed by atoms with Crippen molar-refractivity contribution in [1.29, 1.82) is 0 Å². The number of hydrogen-bond acceptors (Lipinski definition) is 2. The lowest BCUT2D eigenvalue weighted by atomic mass is 10.1. The Morgan fingerprint density at radius 2 is 1.76 bits per heavy atom. The average Bonchev–Trinajstić information content (AvgIpc) is 2.46. The Kier molecular flexibility index (Phi) is 4.31. The van der Waals surface area contributed by atoms with Crippen LogP contribution in [-0.4, -0.2) is 4.98 Å². The van der Waals surface area contributed by atoms with Crippen molar-refractivity contribution in [1.82, 2.24) is 4.98 Å². The molecule has 1 aromatic heterocycles. The largest absolute Gasteiger partial charge is 0.433 e. The van der Waals surface area contributed by atoms with Gasteiger partial charge in [0.05, 0.1) is 0 Å². The second-order valence-electron chi connectivity index (χ2n) is 4.55. The molecule has 0 radical (unpaired) electrons. The van der Waals surface area contributed by atoms with E-state index in [9.17, 15) is 13.2 Å². The highest BCUT2D eigenvalue weighted by molar-refractivity contribution is 5.75. The number of hydrogen-bond donors (Lipinski definition) is 1. The number of rotatable bonds is 3. The van der Waals surface area contributed by atoms with Gasteiger partial charge in [-0.1, -0.05) is 24.3 Å². The summed E-state index contributed by atoms with van der Waals surface area (Å²) >= 11 is 0. The van der Waals surface area contributed by atoms with Gasteiger partial charge in [-0.25, -0.2) is 4.98 Å². The Balaban J connectivity index is 2.48. The molecule has 0 aliphatic carbocycles. The van der Waals surface area contributed by atoms with Crippen molar-refractivity contribution in [2.24, 2.45) is 0 Å². The Hall–Kier alpha value is -2.30. The molecule has 1 heterocycles. The lowest BCUT2D eigenvalue weighted by Crippen LogP contribution is -2.10. The lowest BCUT2D eigenvalue weighted by molar-refractivity contribution is -0.141. The summed E-state index contributed by atoms with van der Waals surface area (Å²) in [6.07, 6.45) is -2.63. The number of pyridine rings is 1. The van der Waals surface area contributed by atoms with Gasteiger partial charge in [0.15, 0.2) is 0 Å². The summed E-state index contributed by atoms with van der Waals surface area (Å²) in [5, 5.41) is 2.95. The van der Waals surface area contributed by atoms with Crippen LogP contribution in [0.15, 0.2) is 48.5 Å². The molecule has 0 fully saturated rings. The molecule has 2 rings (SSSR count). The number of benzene rings is 1. The summed E-state index contributed by atoms with van der Waals surface area (Å²) in [5.41, 5.74) is 1.28. The molecule has 0 aliphatic heterocycles. The number of nitrogens with zero attached hydrogens (tertiary/aromatic N) is 1. The molecule has 1 aromatic carbocycles. The minimum Gasteiger partial charge on any atom is -0.340 e. The van der Waals surface area contributed by atoms with Crippen molar-refractivity contribution in [2.45, 2.75) is 20.0 Å². The van der Waals surface area contributed by atoms with E-state index in [0.717, 1.165) is 11.6 Å². The van der Waals surface area contributed by atoms with Crippen LogP contribution in [-0.2, 0) is 6.18 Å². The zero-order chi connectivity index (χ0) is 15.5. The molecule has 0 saturated heterocycles. The van der Waals surface area contributed by atoms with Crippen molar-refractivity contribution in [3.05, 3.63) is 59.8 Å². The van der Waals surface area contributed by atoms with Gasteiger partial charge in [0.2, 0.25) is 0 Å². The fourth-order valence-electron chi connectivity index (χ4n) is 1.84. The van der Waals surface area contributed by atoms with Crippen LogP contribution >= 0.6 is 0 Å². The van der Waals surface area contributed by atoms with Gasteiger partial charge in [0.1, 0.15) is 11.5 Å². The van der Waals surface area contributed by atoms with E-state index < -0.39 is 11.9 Å². The van der Waals surface area contributed by atoms with Gasteiger partial charge < -0.3 is 5.32 Å². The van der Waals surface area contributed by atoms with Gasteiger partial charge in [-0.05, 0) is 43.7 Å². The van der Waals surface area contributed by atoms with Crippen LogP contribution in [0.4, 0.5) is 24.7 Å². The first-order valence-electron chi connectivity index (χ1n) is 6.45. The minimum atomic E-state index is -4.46. The van der Waals surface area contributed by atoms with Gasteiger partial charge in [-0.2, -0.15) is 13.2 Å². The maximum atomic E-state index is 12.8. The SMILES string of the molecule is CC=C(C)c1ccc(C(F)(F)F)nc1Nc1ccccc1. The summed E-state index contributed by atoms with van der Waals surface area (Å²) in [5.74, 6) is 0.201. The maximum absolute atomic E-state index is 12.8. The van der Waals surface area contributed by atoms with E-state index in [2.05, 4.69) is 10.3 Å². The summed E-state index contributed by atoms with van der Waals surface area (Å²) < 4.78 is 38.4. The molecule has 5 heteroatoms. The molecule has 21 heavy (non-hydrogen) atoms. The van der Waals surface area contributed by atoms with E-state index in [4.69, 9.17) is 0 Å². The number of allylic oxidation sites excluding steroid dienone is 2. The molecular weight excluding hydrogens is 277 g/mol. The van der Waals surface area contributed by atoms with Crippen LogP contribution in [0.3, 0.4) is 0 Å². The van der Waals surface area contributed by atoms with Crippen molar-refractivity contribution in [3.8, 4) is 0 Å². The number of para-hydroxylation sites is 1. The van der Waals surface area contributed by atoms with E-state index in [-0.39, 0.29) is 5.82 Å². The predicted molar refractivity (Wildman–Crippen MR) is 78.3 cm³/mol. The zero-order valence-electron chi connectivity index (χ0n) is 11.7. The molecule has 1 N–H and O–H groups in total. The molecule has 0 bridgehead atoms. The first-order chi connectivity index (χ1) is 9.91. The number of halogens is 3. The first kappa shape index (κ1) is 15.1. The minimum absolute atomic E-state index is 0.201. The smallest absolute Gasteiger partial charge is 0.340 e. The number of aromatic nitrogens is 1. The van der Waals surface area contributed by atoms with Gasteiger partial charge >= 0.3 is 6.18 Å². The summed E-state index contributed by atoms with van der Waals surface area (Å²) in [7, 11) is 0. The fourth-order valence-corrected chi connectivity index (χ4v) is 1.84.